The summed E-state index contributed by atoms with van der Waals surface area (Å²) >= 11 is 6.18. The molecule has 1 aliphatic rings. The highest BCUT2D eigenvalue weighted by molar-refractivity contribution is 6.31. The first-order valence-corrected chi connectivity index (χ1v) is 11.6. The number of hydrogen-bond acceptors (Lipinski definition) is 6. The molecule has 4 aromatic rings. The van der Waals surface area contributed by atoms with Crippen LogP contribution in [0.15, 0.2) is 41.2 Å². The number of H-pyrrole nitrogens is 2. The Balaban J connectivity index is 1.65. The molecule has 3 heterocycles. The number of aromatic nitrogens is 3. The third-order valence-corrected chi connectivity index (χ3v) is 6.42. The lowest BCUT2D eigenvalue weighted by molar-refractivity contribution is 0.122. The van der Waals surface area contributed by atoms with E-state index < -0.39 is 0 Å². The van der Waals surface area contributed by atoms with Gasteiger partial charge < -0.3 is 30.7 Å². The summed E-state index contributed by atoms with van der Waals surface area (Å²) in [4.78, 5) is 26.7. The predicted molar refractivity (Wildman–Crippen MR) is 134 cm³/mol. The lowest BCUT2D eigenvalue weighted by Gasteiger charge is -2.28. The SMILES string of the molecule is CC[C@H](CN)Nc1c(-c2nc3cc(N4CCOCC4)ccc3[nH]2)c(=O)[nH]c2cc(Cl)ccc12. The van der Waals surface area contributed by atoms with Crippen molar-refractivity contribution in [2.75, 3.05) is 43.1 Å². The Hall–Kier alpha value is -3.07. The molecule has 1 saturated heterocycles. The highest BCUT2D eigenvalue weighted by Crippen LogP contribution is 2.33. The molecular weight excluding hydrogens is 440 g/mol. The van der Waals surface area contributed by atoms with Gasteiger partial charge in [0.05, 0.1) is 35.5 Å². The Morgan fingerprint density at radius 1 is 1.18 bits per heavy atom. The fraction of sp³-hybridized carbons (Fsp3) is 0.333. The fourth-order valence-corrected chi connectivity index (χ4v) is 4.48. The quantitative estimate of drug-likeness (QED) is 0.344. The van der Waals surface area contributed by atoms with Gasteiger partial charge in [0, 0.05) is 41.8 Å². The van der Waals surface area contributed by atoms with E-state index in [0.717, 1.165) is 54.8 Å². The second kappa shape index (κ2) is 9.05. The van der Waals surface area contributed by atoms with Crippen LogP contribution >= 0.6 is 11.6 Å². The minimum atomic E-state index is -0.244. The van der Waals surface area contributed by atoms with Crippen LogP contribution in [0, 0.1) is 0 Å². The van der Waals surface area contributed by atoms with Crippen LogP contribution in [-0.4, -0.2) is 53.8 Å². The third kappa shape index (κ3) is 4.17. The monoisotopic (exact) mass is 466 g/mol. The van der Waals surface area contributed by atoms with Gasteiger partial charge in [0.25, 0.3) is 5.56 Å². The number of hydrogen-bond donors (Lipinski definition) is 4. The van der Waals surface area contributed by atoms with Crippen LogP contribution in [0.5, 0.6) is 0 Å². The second-order valence-corrected chi connectivity index (χ2v) is 8.70. The van der Waals surface area contributed by atoms with Crippen LogP contribution in [0.25, 0.3) is 33.3 Å². The van der Waals surface area contributed by atoms with Crippen molar-refractivity contribution >= 4 is 44.9 Å². The van der Waals surface area contributed by atoms with E-state index in [1.165, 1.54) is 0 Å². The molecule has 0 saturated carbocycles. The van der Waals surface area contributed by atoms with Crippen molar-refractivity contribution in [3.8, 4) is 11.4 Å². The van der Waals surface area contributed by atoms with Gasteiger partial charge in [-0.15, -0.1) is 0 Å². The van der Waals surface area contributed by atoms with Gasteiger partial charge in [-0.2, -0.15) is 0 Å². The van der Waals surface area contributed by atoms with Gasteiger partial charge in [-0.25, -0.2) is 4.98 Å². The molecule has 2 aromatic carbocycles. The van der Waals surface area contributed by atoms with Crippen LogP contribution in [0.3, 0.4) is 0 Å². The van der Waals surface area contributed by atoms with Crippen LogP contribution in [-0.2, 0) is 4.74 Å². The minimum Gasteiger partial charge on any atom is -0.380 e. The first-order valence-electron chi connectivity index (χ1n) is 11.2. The van der Waals surface area contributed by atoms with Crippen molar-refractivity contribution < 1.29 is 4.74 Å². The maximum atomic E-state index is 13.3. The molecule has 1 atom stereocenters. The first-order chi connectivity index (χ1) is 16.1. The summed E-state index contributed by atoms with van der Waals surface area (Å²) in [6, 6.07) is 11.6. The van der Waals surface area contributed by atoms with E-state index in [2.05, 4.69) is 39.2 Å². The van der Waals surface area contributed by atoms with Gasteiger partial charge in [-0.05, 0) is 42.8 Å². The van der Waals surface area contributed by atoms with Crippen LogP contribution in [0.4, 0.5) is 11.4 Å². The van der Waals surface area contributed by atoms with Gasteiger partial charge in [0.1, 0.15) is 11.4 Å². The minimum absolute atomic E-state index is 0.0155. The summed E-state index contributed by atoms with van der Waals surface area (Å²) in [5.41, 5.74) is 10.3. The number of nitrogens with two attached hydrogens (primary N) is 1. The van der Waals surface area contributed by atoms with Gasteiger partial charge >= 0.3 is 0 Å². The molecule has 172 valence electrons. The number of nitrogens with zero attached hydrogens (tertiary/aromatic N) is 2. The Kier molecular flexibility index (Phi) is 5.97. The molecule has 5 N–H and O–H groups in total. The van der Waals surface area contributed by atoms with Crippen molar-refractivity contribution in [3.63, 3.8) is 0 Å². The molecule has 9 heteroatoms. The van der Waals surface area contributed by atoms with E-state index in [9.17, 15) is 4.79 Å². The van der Waals surface area contributed by atoms with E-state index in [0.29, 0.717) is 34.2 Å². The highest BCUT2D eigenvalue weighted by atomic mass is 35.5. The molecule has 0 aliphatic carbocycles. The Morgan fingerprint density at radius 3 is 2.76 bits per heavy atom. The number of ether oxygens (including phenoxy) is 1. The number of benzene rings is 2. The van der Waals surface area contributed by atoms with Crippen molar-refractivity contribution in [1.82, 2.24) is 15.0 Å². The Labute approximate surface area is 196 Å². The average molecular weight is 467 g/mol. The fourth-order valence-electron chi connectivity index (χ4n) is 4.31. The lowest BCUT2D eigenvalue weighted by atomic mass is 10.1. The second-order valence-electron chi connectivity index (χ2n) is 8.27. The zero-order valence-electron chi connectivity index (χ0n) is 18.5. The predicted octanol–water partition coefficient (Wildman–Crippen LogP) is 3.71. The largest absolute Gasteiger partial charge is 0.380 e. The topological polar surface area (TPSA) is 112 Å². The van der Waals surface area contributed by atoms with E-state index in [4.69, 9.17) is 27.1 Å². The zero-order valence-corrected chi connectivity index (χ0v) is 19.2. The summed E-state index contributed by atoms with van der Waals surface area (Å²) in [5.74, 6) is 0.511. The molecule has 0 amide bonds. The number of halogens is 1. The van der Waals surface area contributed by atoms with E-state index >= 15 is 0 Å². The molecule has 1 aliphatic heterocycles. The number of nitrogens with one attached hydrogen (secondary N) is 3. The molecular formula is C24H27ClN6O2. The number of rotatable bonds is 6. The maximum Gasteiger partial charge on any atom is 0.261 e. The number of aromatic amines is 2. The lowest BCUT2D eigenvalue weighted by Crippen LogP contribution is -2.36. The smallest absolute Gasteiger partial charge is 0.261 e. The molecule has 2 aromatic heterocycles. The third-order valence-electron chi connectivity index (χ3n) is 6.18. The van der Waals surface area contributed by atoms with Gasteiger partial charge in [-0.3, -0.25) is 4.79 Å². The standard InChI is InChI=1S/C24H27ClN6O2/c1-2-15(13-26)27-22-17-5-3-14(25)11-19(17)30-24(32)21(22)23-28-18-6-4-16(12-20(18)29-23)31-7-9-33-10-8-31/h3-6,11-12,15H,2,7-10,13,26H2,1H3,(H,28,29)(H2,27,30,32)/t15-/m1/s1. The van der Waals surface area contributed by atoms with Gasteiger partial charge in [0.15, 0.2) is 0 Å². The van der Waals surface area contributed by atoms with Gasteiger partial charge in [0.2, 0.25) is 0 Å². The van der Waals surface area contributed by atoms with Crippen LogP contribution < -0.4 is 21.5 Å². The van der Waals surface area contributed by atoms with Crippen molar-refractivity contribution in [2.24, 2.45) is 5.73 Å². The van der Waals surface area contributed by atoms with E-state index in [1.807, 2.05) is 18.2 Å². The van der Waals surface area contributed by atoms with Crippen LogP contribution in [0.1, 0.15) is 13.3 Å². The average Bonchev–Trinajstić information content (AvgIpc) is 3.25. The molecule has 33 heavy (non-hydrogen) atoms. The molecule has 8 nitrogen and oxygen atoms in total. The number of imidazole rings is 1. The maximum absolute atomic E-state index is 13.3. The zero-order chi connectivity index (χ0) is 22.9. The van der Waals surface area contributed by atoms with E-state index in [1.54, 1.807) is 6.07 Å². The first kappa shape index (κ1) is 21.8. The molecule has 0 bridgehead atoms. The number of pyridine rings is 1. The summed E-state index contributed by atoms with van der Waals surface area (Å²) in [5, 5.41) is 4.90. The molecule has 0 radical (unpaired) electrons. The van der Waals surface area contributed by atoms with Crippen molar-refractivity contribution in [2.45, 2.75) is 19.4 Å². The summed E-state index contributed by atoms with van der Waals surface area (Å²) in [7, 11) is 0. The molecule has 5 rings (SSSR count). The summed E-state index contributed by atoms with van der Waals surface area (Å²) in [6.07, 6.45) is 0.820. The molecule has 0 unspecified atom stereocenters. The number of anilines is 2. The highest BCUT2D eigenvalue weighted by Gasteiger charge is 2.20. The number of morpholine rings is 1. The normalized spacial score (nSPS) is 15.3. The van der Waals surface area contributed by atoms with Crippen molar-refractivity contribution in [3.05, 3.63) is 51.8 Å². The van der Waals surface area contributed by atoms with Crippen LogP contribution in [0.2, 0.25) is 5.02 Å². The van der Waals surface area contributed by atoms with Gasteiger partial charge in [-0.1, -0.05) is 18.5 Å². The Bertz CT molecular complexity index is 1350. The summed E-state index contributed by atoms with van der Waals surface area (Å²) < 4.78 is 5.46. The number of fused-ring (bicyclic) bond motifs is 2. The molecule has 0 spiro atoms. The summed E-state index contributed by atoms with van der Waals surface area (Å²) in [6.45, 7) is 5.64. The molecule has 1 fully saturated rings. The van der Waals surface area contributed by atoms with E-state index in [-0.39, 0.29) is 11.6 Å². The van der Waals surface area contributed by atoms with Crippen molar-refractivity contribution in [1.29, 1.82) is 0 Å². The Morgan fingerprint density at radius 2 is 2.00 bits per heavy atom.